The van der Waals surface area contributed by atoms with E-state index in [0.717, 1.165) is 7.11 Å². The molecule has 0 saturated carbocycles. The largest absolute Gasteiger partial charge is 0.507 e. The van der Waals surface area contributed by atoms with E-state index in [9.17, 15) is 29.4 Å². The van der Waals surface area contributed by atoms with Gasteiger partial charge in [-0.1, -0.05) is 30.3 Å². The lowest BCUT2D eigenvalue weighted by Crippen LogP contribution is -2.54. The minimum Gasteiger partial charge on any atom is -0.507 e. The van der Waals surface area contributed by atoms with Gasteiger partial charge in [-0.3, -0.25) is 14.5 Å². The number of anilines is 1. The number of hydrogen-bond donors (Lipinski definition) is 2. The summed E-state index contributed by atoms with van der Waals surface area (Å²) in [7, 11) is 0.965. The van der Waals surface area contributed by atoms with E-state index < -0.39 is 40.7 Å². The maximum Gasteiger partial charge on any atom is 0.365 e. The second-order valence-corrected chi connectivity index (χ2v) is 6.49. The fourth-order valence-electron chi connectivity index (χ4n) is 3.24. The first-order valence-electron chi connectivity index (χ1n) is 9.23. The number of benzene rings is 2. The molecular weight excluding hydrogens is 406 g/mol. The number of nitrogens with zero attached hydrogens (tertiary/aromatic N) is 1. The van der Waals surface area contributed by atoms with Crippen molar-refractivity contribution >= 4 is 35.1 Å². The SMILES string of the molecule is CCOC(=O)c1ccc(N2C(=O)C(=O)C(=C(O)c3ccccc3)[C@]2(O)C(=O)OC)cc1. The van der Waals surface area contributed by atoms with Gasteiger partial charge in [0.2, 0.25) is 0 Å². The molecule has 1 amide bonds. The van der Waals surface area contributed by atoms with Crippen LogP contribution in [-0.4, -0.2) is 53.3 Å². The van der Waals surface area contributed by atoms with E-state index in [0.29, 0.717) is 4.90 Å². The molecule has 2 N–H and O–H groups in total. The van der Waals surface area contributed by atoms with Crippen molar-refractivity contribution in [3.05, 3.63) is 71.3 Å². The summed E-state index contributed by atoms with van der Waals surface area (Å²) in [5.41, 5.74) is -3.55. The molecule has 2 aromatic carbocycles. The van der Waals surface area contributed by atoms with Crippen LogP contribution in [0.1, 0.15) is 22.8 Å². The summed E-state index contributed by atoms with van der Waals surface area (Å²) in [6.07, 6.45) is 0. The molecule has 0 aliphatic carbocycles. The first-order chi connectivity index (χ1) is 14.8. The number of hydrogen-bond acceptors (Lipinski definition) is 8. The van der Waals surface area contributed by atoms with E-state index in [1.807, 2.05) is 0 Å². The number of ether oxygens (including phenoxy) is 2. The molecule has 0 bridgehead atoms. The van der Waals surface area contributed by atoms with E-state index in [1.54, 1.807) is 25.1 Å². The predicted molar refractivity (Wildman–Crippen MR) is 108 cm³/mol. The van der Waals surface area contributed by atoms with Crippen LogP contribution < -0.4 is 4.90 Å². The highest BCUT2D eigenvalue weighted by Gasteiger charge is 2.62. The number of rotatable bonds is 5. The van der Waals surface area contributed by atoms with Crippen LogP contribution in [0.3, 0.4) is 0 Å². The second-order valence-electron chi connectivity index (χ2n) is 6.49. The fraction of sp³-hybridized carbons (Fsp3) is 0.182. The van der Waals surface area contributed by atoms with Crippen LogP contribution >= 0.6 is 0 Å². The third-order valence-corrected chi connectivity index (χ3v) is 4.69. The van der Waals surface area contributed by atoms with Gasteiger partial charge in [0.15, 0.2) is 0 Å². The van der Waals surface area contributed by atoms with E-state index >= 15 is 0 Å². The van der Waals surface area contributed by atoms with Crippen molar-refractivity contribution in [1.29, 1.82) is 0 Å². The van der Waals surface area contributed by atoms with Crippen molar-refractivity contribution in [2.24, 2.45) is 0 Å². The molecule has 31 heavy (non-hydrogen) atoms. The van der Waals surface area contributed by atoms with Crippen LogP contribution in [0.2, 0.25) is 0 Å². The van der Waals surface area contributed by atoms with Crippen LogP contribution in [-0.2, 0) is 23.9 Å². The highest BCUT2D eigenvalue weighted by Crippen LogP contribution is 2.39. The van der Waals surface area contributed by atoms with E-state index in [-0.39, 0.29) is 23.4 Å². The summed E-state index contributed by atoms with van der Waals surface area (Å²) < 4.78 is 9.53. The lowest BCUT2D eigenvalue weighted by atomic mass is 9.97. The number of aliphatic hydroxyl groups is 2. The van der Waals surface area contributed by atoms with Gasteiger partial charge in [0.25, 0.3) is 11.5 Å². The Bertz CT molecular complexity index is 1070. The summed E-state index contributed by atoms with van der Waals surface area (Å²) in [6.45, 7) is 1.80. The third kappa shape index (κ3) is 3.55. The molecule has 1 atom stereocenters. The third-order valence-electron chi connectivity index (χ3n) is 4.69. The molecule has 160 valence electrons. The fourth-order valence-corrected chi connectivity index (χ4v) is 3.24. The summed E-state index contributed by atoms with van der Waals surface area (Å²) >= 11 is 0. The van der Waals surface area contributed by atoms with Gasteiger partial charge in [0, 0.05) is 11.3 Å². The second kappa shape index (κ2) is 8.41. The van der Waals surface area contributed by atoms with E-state index in [2.05, 4.69) is 4.74 Å². The van der Waals surface area contributed by atoms with Crippen molar-refractivity contribution in [2.75, 3.05) is 18.6 Å². The minimum atomic E-state index is -2.92. The standard InChI is InChI=1S/C22H19NO8/c1-3-31-20(27)14-9-11-15(12-10-14)23-19(26)18(25)16(22(23,29)21(28)30-2)17(24)13-7-5-4-6-8-13/h4-12,24,29H,3H2,1-2H3/t22-/m0/s1. The zero-order valence-electron chi connectivity index (χ0n) is 16.7. The number of methoxy groups -OCH3 is 1. The molecule has 1 aliphatic heterocycles. The number of aliphatic hydroxyl groups excluding tert-OH is 1. The summed E-state index contributed by atoms with van der Waals surface area (Å²) in [4.78, 5) is 50.5. The predicted octanol–water partition coefficient (Wildman–Crippen LogP) is 1.61. The summed E-state index contributed by atoms with van der Waals surface area (Å²) in [6, 6.07) is 12.8. The van der Waals surface area contributed by atoms with Crippen molar-refractivity contribution in [3.8, 4) is 0 Å². The molecule has 9 nitrogen and oxygen atoms in total. The number of amides is 1. The Hall–Kier alpha value is -3.98. The smallest absolute Gasteiger partial charge is 0.365 e. The van der Waals surface area contributed by atoms with Gasteiger partial charge in [-0.15, -0.1) is 0 Å². The van der Waals surface area contributed by atoms with Crippen molar-refractivity contribution in [3.63, 3.8) is 0 Å². The van der Waals surface area contributed by atoms with Crippen molar-refractivity contribution in [1.82, 2.24) is 0 Å². The zero-order chi connectivity index (χ0) is 22.8. The van der Waals surface area contributed by atoms with Crippen LogP contribution in [0.25, 0.3) is 5.76 Å². The maximum absolute atomic E-state index is 12.8. The van der Waals surface area contributed by atoms with Crippen LogP contribution in [0.5, 0.6) is 0 Å². The lowest BCUT2D eigenvalue weighted by Gasteiger charge is -2.30. The molecule has 0 spiro atoms. The highest BCUT2D eigenvalue weighted by molar-refractivity contribution is 6.54. The molecule has 1 heterocycles. The molecule has 2 aromatic rings. The van der Waals surface area contributed by atoms with Crippen LogP contribution in [0.4, 0.5) is 5.69 Å². The molecule has 1 saturated heterocycles. The van der Waals surface area contributed by atoms with Gasteiger partial charge >= 0.3 is 17.8 Å². The summed E-state index contributed by atoms with van der Waals surface area (Å²) in [5, 5.41) is 21.9. The van der Waals surface area contributed by atoms with Gasteiger partial charge in [0.1, 0.15) is 11.3 Å². The molecule has 1 aliphatic rings. The molecule has 3 rings (SSSR count). The first-order valence-corrected chi connectivity index (χ1v) is 9.23. The number of ketones is 1. The Morgan fingerprint density at radius 1 is 1.00 bits per heavy atom. The molecule has 0 unspecified atom stereocenters. The number of carbonyl (C=O) groups is 4. The lowest BCUT2D eigenvalue weighted by molar-refractivity contribution is -0.158. The Labute approximate surface area is 177 Å². The van der Waals surface area contributed by atoms with Gasteiger partial charge in [-0.05, 0) is 31.2 Å². The van der Waals surface area contributed by atoms with Crippen LogP contribution in [0.15, 0.2) is 60.2 Å². The monoisotopic (exact) mass is 425 g/mol. The van der Waals surface area contributed by atoms with Gasteiger partial charge in [-0.25, -0.2) is 9.59 Å². The van der Waals surface area contributed by atoms with Crippen LogP contribution in [0, 0.1) is 0 Å². The normalized spacial score (nSPS) is 19.9. The molecular formula is C22H19NO8. The first kappa shape index (κ1) is 21.7. The average Bonchev–Trinajstić information content (AvgIpc) is 2.99. The quantitative estimate of drug-likeness (QED) is 0.320. The Kier molecular flexibility index (Phi) is 5.89. The topological polar surface area (TPSA) is 130 Å². The Balaban J connectivity index is 2.17. The highest BCUT2D eigenvalue weighted by atomic mass is 16.5. The molecule has 9 heteroatoms. The molecule has 0 aromatic heterocycles. The Morgan fingerprint density at radius 2 is 1.61 bits per heavy atom. The molecule has 0 radical (unpaired) electrons. The van der Waals surface area contributed by atoms with E-state index in [4.69, 9.17) is 4.74 Å². The summed E-state index contributed by atoms with van der Waals surface area (Å²) in [5.74, 6) is -5.22. The number of Topliss-reactive ketones (excluding diaryl/α,β-unsaturated/α-hetero) is 1. The van der Waals surface area contributed by atoms with Gasteiger partial charge in [-0.2, -0.15) is 0 Å². The maximum atomic E-state index is 12.8. The van der Waals surface area contributed by atoms with Crippen molar-refractivity contribution in [2.45, 2.75) is 12.6 Å². The number of carbonyl (C=O) groups excluding carboxylic acids is 4. The van der Waals surface area contributed by atoms with Gasteiger partial charge < -0.3 is 19.7 Å². The molecule has 1 fully saturated rings. The van der Waals surface area contributed by atoms with E-state index in [1.165, 1.54) is 36.4 Å². The number of esters is 2. The minimum absolute atomic E-state index is 0.0739. The average molecular weight is 425 g/mol. The van der Waals surface area contributed by atoms with Gasteiger partial charge in [0.05, 0.1) is 19.3 Å². The zero-order valence-corrected chi connectivity index (χ0v) is 16.7. The van der Waals surface area contributed by atoms with Crippen molar-refractivity contribution < 1.29 is 38.9 Å². The Morgan fingerprint density at radius 3 is 2.16 bits per heavy atom.